The monoisotopic (exact) mass is 416 g/mol. The maximum atomic E-state index is 13.8. The summed E-state index contributed by atoms with van der Waals surface area (Å²) < 4.78 is 68.8. The molecule has 1 aliphatic rings. The Kier molecular flexibility index (Phi) is 5.40. The largest absolute Gasteiger partial charge is 0.420 e. The lowest BCUT2D eigenvalue weighted by Crippen LogP contribution is -2.38. The van der Waals surface area contributed by atoms with E-state index in [-0.39, 0.29) is 17.9 Å². The molecule has 0 bridgehead atoms. The number of hydrogen-bond acceptors (Lipinski definition) is 3. The van der Waals surface area contributed by atoms with Crippen LogP contribution in [0.3, 0.4) is 0 Å². The van der Waals surface area contributed by atoms with Crippen molar-refractivity contribution in [2.45, 2.75) is 58.2 Å². The average Bonchev–Trinajstić information content (AvgIpc) is 2.93. The minimum Gasteiger partial charge on any atom is -0.321 e. The number of carbonyl (C=O) groups is 1. The summed E-state index contributed by atoms with van der Waals surface area (Å²) in [5.74, 6) is -4.96. The summed E-state index contributed by atoms with van der Waals surface area (Å²) in [5.41, 5.74) is -1.20. The van der Waals surface area contributed by atoms with E-state index in [4.69, 9.17) is 0 Å². The lowest BCUT2D eigenvalue weighted by molar-refractivity contribution is -0.139. The van der Waals surface area contributed by atoms with E-state index in [0.717, 1.165) is 4.68 Å². The zero-order valence-electron chi connectivity index (χ0n) is 16.1. The fraction of sp³-hybridized carbons (Fsp3) is 0.526. The molecule has 1 aliphatic carbocycles. The van der Waals surface area contributed by atoms with Gasteiger partial charge in [0.2, 0.25) is 5.92 Å². The smallest absolute Gasteiger partial charge is 0.321 e. The van der Waals surface area contributed by atoms with Crippen LogP contribution in [0.25, 0.3) is 0 Å². The molecular formula is C19H21F5N4O. The number of hydrogen-bond donors (Lipinski definition) is 1. The molecule has 2 heterocycles. The lowest BCUT2D eigenvalue weighted by atomic mass is 9.81. The molecule has 10 heteroatoms. The van der Waals surface area contributed by atoms with Crippen LogP contribution >= 0.6 is 0 Å². The van der Waals surface area contributed by atoms with Gasteiger partial charge < -0.3 is 5.32 Å². The van der Waals surface area contributed by atoms with Crippen LogP contribution in [0, 0.1) is 12.8 Å². The highest BCUT2D eigenvalue weighted by Gasteiger charge is 2.47. The fourth-order valence-electron chi connectivity index (χ4n) is 3.50. The highest BCUT2D eigenvalue weighted by atomic mass is 19.4. The molecule has 2 aromatic heterocycles. The van der Waals surface area contributed by atoms with Gasteiger partial charge in [0.05, 0.1) is 5.69 Å². The summed E-state index contributed by atoms with van der Waals surface area (Å²) in [6, 6.07) is 2.97. The van der Waals surface area contributed by atoms with Crippen molar-refractivity contribution in [1.29, 1.82) is 0 Å². The highest BCUT2D eigenvalue weighted by Crippen LogP contribution is 2.44. The predicted octanol–water partition coefficient (Wildman–Crippen LogP) is 5.03. The summed E-state index contributed by atoms with van der Waals surface area (Å²) in [6.45, 7) is 4.57. The molecule has 0 aromatic carbocycles. The number of anilines is 1. The Hall–Kier alpha value is -2.52. The van der Waals surface area contributed by atoms with Gasteiger partial charge in [0.15, 0.2) is 0 Å². The lowest BCUT2D eigenvalue weighted by Gasteiger charge is -2.35. The maximum Gasteiger partial charge on any atom is 0.420 e. The van der Waals surface area contributed by atoms with E-state index in [0.29, 0.717) is 5.69 Å². The number of rotatable bonds is 5. The van der Waals surface area contributed by atoms with Gasteiger partial charge in [-0.3, -0.25) is 14.5 Å². The number of aromatic nitrogens is 3. The number of nitrogens with zero attached hydrogens (tertiary/aromatic N) is 3. The maximum absolute atomic E-state index is 13.8. The van der Waals surface area contributed by atoms with Crippen molar-refractivity contribution < 1.29 is 26.7 Å². The number of halogens is 5. The van der Waals surface area contributed by atoms with Gasteiger partial charge in [0.1, 0.15) is 11.3 Å². The minimum absolute atomic E-state index is 0.177. The Balaban J connectivity index is 2.02. The topological polar surface area (TPSA) is 59.8 Å². The van der Waals surface area contributed by atoms with Gasteiger partial charge in [0.25, 0.3) is 5.91 Å². The third-order valence-electron chi connectivity index (χ3n) is 4.79. The molecule has 29 heavy (non-hydrogen) atoms. The molecule has 1 fully saturated rings. The first-order valence-corrected chi connectivity index (χ1v) is 9.17. The molecular weight excluding hydrogens is 395 g/mol. The van der Waals surface area contributed by atoms with Gasteiger partial charge in [-0.15, -0.1) is 0 Å². The molecule has 158 valence electrons. The van der Waals surface area contributed by atoms with Crippen LogP contribution in [0.15, 0.2) is 18.3 Å². The summed E-state index contributed by atoms with van der Waals surface area (Å²) in [7, 11) is 0. The van der Waals surface area contributed by atoms with Crippen LogP contribution in [-0.4, -0.2) is 26.6 Å². The second-order valence-electron chi connectivity index (χ2n) is 7.71. The third-order valence-corrected chi connectivity index (χ3v) is 4.79. The zero-order chi connectivity index (χ0) is 21.6. The average molecular weight is 416 g/mol. The number of alkyl halides is 5. The van der Waals surface area contributed by atoms with Crippen molar-refractivity contribution in [2.75, 3.05) is 5.32 Å². The van der Waals surface area contributed by atoms with Crippen LogP contribution in [0.4, 0.5) is 27.6 Å². The molecule has 0 saturated heterocycles. The van der Waals surface area contributed by atoms with Crippen molar-refractivity contribution in [3.63, 3.8) is 0 Å². The number of aryl methyl sites for hydroxylation is 1. The van der Waals surface area contributed by atoms with E-state index in [1.165, 1.54) is 32.2 Å². The molecule has 5 nitrogen and oxygen atoms in total. The number of nitrogens with one attached hydrogen (secondary N) is 1. The minimum atomic E-state index is -4.82. The van der Waals surface area contributed by atoms with Crippen LogP contribution in [0.5, 0.6) is 0 Å². The first-order chi connectivity index (χ1) is 13.4. The number of amides is 1. The van der Waals surface area contributed by atoms with Crippen molar-refractivity contribution >= 4 is 11.6 Å². The van der Waals surface area contributed by atoms with E-state index >= 15 is 0 Å². The summed E-state index contributed by atoms with van der Waals surface area (Å²) in [4.78, 5) is 16.8. The van der Waals surface area contributed by atoms with Gasteiger partial charge >= 0.3 is 6.18 Å². The van der Waals surface area contributed by atoms with Gasteiger partial charge in [0, 0.05) is 37.0 Å². The molecule has 0 radical (unpaired) electrons. The van der Waals surface area contributed by atoms with E-state index in [2.05, 4.69) is 15.4 Å². The predicted molar refractivity (Wildman–Crippen MR) is 95.9 cm³/mol. The number of carbonyl (C=O) groups excluding carboxylic acids is 1. The Morgan fingerprint density at radius 3 is 2.52 bits per heavy atom. The van der Waals surface area contributed by atoms with Gasteiger partial charge in [-0.2, -0.15) is 18.3 Å². The normalized spacial score (nSPS) is 16.7. The van der Waals surface area contributed by atoms with E-state index in [9.17, 15) is 26.7 Å². The van der Waals surface area contributed by atoms with Crippen LogP contribution in [0.1, 0.15) is 60.0 Å². The summed E-state index contributed by atoms with van der Waals surface area (Å²) in [5, 5.41) is 6.45. The third kappa shape index (κ3) is 4.56. The second-order valence-corrected chi connectivity index (χ2v) is 7.71. The Bertz CT molecular complexity index is 912. The van der Waals surface area contributed by atoms with Gasteiger partial charge in [-0.1, -0.05) is 13.8 Å². The van der Waals surface area contributed by atoms with E-state index in [1.54, 1.807) is 6.92 Å². The molecule has 0 atom stereocenters. The van der Waals surface area contributed by atoms with Gasteiger partial charge in [-0.05, 0) is 30.9 Å². The van der Waals surface area contributed by atoms with E-state index < -0.39 is 53.9 Å². The molecule has 0 spiro atoms. The molecule has 1 amide bonds. The zero-order valence-corrected chi connectivity index (χ0v) is 16.1. The molecule has 1 saturated carbocycles. The van der Waals surface area contributed by atoms with Crippen molar-refractivity contribution in [3.8, 4) is 0 Å². The summed E-state index contributed by atoms with van der Waals surface area (Å²) >= 11 is 0. The highest BCUT2D eigenvalue weighted by molar-refractivity contribution is 6.04. The molecule has 2 aromatic rings. The van der Waals surface area contributed by atoms with Crippen molar-refractivity contribution in [3.05, 3.63) is 41.0 Å². The first-order valence-electron chi connectivity index (χ1n) is 9.17. The first kappa shape index (κ1) is 21.2. The van der Waals surface area contributed by atoms with Gasteiger partial charge in [-0.25, -0.2) is 8.78 Å². The van der Waals surface area contributed by atoms with Crippen molar-refractivity contribution in [1.82, 2.24) is 14.8 Å². The SMILES string of the molecule is Cc1cc(NC(=O)c2c(C(F)(F)F)c(C(C)C)nn2CC2CC(F)(F)C2)ccn1. The Morgan fingerprint density at radius 1 is 1.34 bits per heavy atom. The van der Waals surface area contributed by atoms with Crippen LogP contribution in [-0.2, 0) is 12.7 Å². The molecule has 0 unspecified atom stereocenters. The van der Waals surface area contributed by atoms with Crippen LogP contribution in [0.2, 0.25) is 0 Å². The molecule has 3 rings (SSSR count). The standard InChI is InChI=1S/C19H21F5N4O/c1-10(2)15-14(19(22,23)24)16(17(29)26-13-4-5-25-11(3)6-13)28(27-15)9-12-7-18(20,21)8-12/h4-6,10,12H,7-9H2,1-3H3,(H,25,26,29). The molecule has 0 aliphatic heterocycles. The summed E-state index contributed by atoms with van der Waals surface area (Å²) in [6.07, 6.45) is -4.27. The molecule has 1 N–H and O–H groups in total. The second kappa shape index (κ2) is 7.38. The van der Waals surface area contributed by atoms with Crippen LogP contribution < -0.4 is 5.32 Å². The fourth-order valence-corrected chi connectivity index (χ4v) is 3.50. The Labute approximate surface area is 164 Å². The van der Waals surface area contributed by atoms with E-state index in [1.807, 2.05) is 0 Å². The number of pyridine rings is 1. The van der Waals surface area contributed by atoms with Crippen molar-refractivity contribution in [2.24, 2.45) is 5.92 Å². The quantitative estimate of drug-likeness (QED) is 0.696. The Morgan fingerprint density at radius 2 is 2.00 bits per heavy atom.